The van der Waals surface area contributed by atoms with Gasteiger partial charge in [-0.3, -0.25) is 0 Å². The first kappa shape index (κ1) is 16.0. The van der Waals surface area contributed by atoms with Crippen molar-refractivity contribution in [3.8, 4) is 0 Å². The molecule has 4 nitrogen and oxygen atoms in total. The van der Waals surface area contributed by atoms with Gasteiger partial charge in [-0.2, -0.15) is 0 Å². The van der Waals surface area contributed by atoms with Crippen LogP contribution in [0.25, 0.3) is 6.08 Å². The molecule has 0 bridgehead atoms. The molecule has 4 heteroatoms. The predicted octanol–water partition coefficient (Wildman–Crippen LogP) is 3.14. The molecule has 0 amide bonds. The summed E-state index contributed by atoms with van der Waals surface area (Å²) in [5.41, 5.74) is 1.62. The Bertz CT molecular complexity index is 536. The van der Waals surface area contributed by atoms with Crippen LogP contribution in [0.15, 0.2) is 24.3 Å². The quantitative estimate of drug-likeness (QED) is 0.628. The molecule has 1 rings (SSSR count). The zero-order chi connectivity index (χ0) is 15.3. The van der Waals surface area contributed by atoms with Crippen molar-refractivity contribution in [2.45, 2.75) is 33.3 Å². The summed E-state index contributed by atoms with van der Waals surface area (Å²) in [4.78, 5) is 23.0. The number of aryl methyl sites for hydroxylation is 1. The second-order valence-electron chi connectivity index (χ2n) is 5.43. The number of rotatable bonds is 3. The van der Waals surface area contributed by atoms with E-state index in [1.165, 1.54) is 13.2 Å². The van der Waals surface area contributed by atoms with Gasteiger partial charge in [0.1, 0.15) is 5.60 Å². The van der Waals surface area contributed by atoms with E-state index >= 15 is 0 Å². The lowest BCUT2D eigenvalue weighted by Gasteiger charge is -2.17. The molecular formula is C16H20O4. The smallest absolute Gasteiger partial charge is 0.338 e. The van der Waals surface area contributed by atoms with E-state index in [0.717, 1.165) is 11.1 Å². The molecule has 1 aromatic carbocycles. The maximum Gasteiger partial charge on any atom is 0.338 e. The molecule has 0 heterocycles. The van der Waals surface area contributed by atoms with Crippen LogP contribution in [0.2, 0.25) is 0 Å². The zero-order valence-electron chi connectivity index (χ0n) is 12.5. The largest absolute Gasteiger partial charge is 0.465 e. The van der Waals surface area contributed by atoms with Crippen molar-refractivity contribution in [1.29, 1.82) is 0 Å². The maximum atomic E-state index is 11.6. The van der Waals surface area contributed by atoms with Gasteiger partial charge in [-0.25, -0.2) is 9.59 Å². The van der Waals surface area contributed by atoms with Crippen LogP contribution in [0.4, 0.5) is 0 Å². The Hall–Kier alpha value is -2.10. The van der Waals surface area contributed by atoms with Crippen LogP contribution in [0.5, 0.6) is 0 Å². The van der Waals surface area contributed by atoms with Gasteiger partial charge in [0.05, 0.1) is 12.7 Å². The van der Waals surface area contributed by atoms with Gasteiger partial charge in [-0.15, -0.1) is 0 Å². The van der Waals surface area contributed by atoms with Gasteiger partial charge >= 0.3 is 11.9 Å². The summed E-state index contributed by atoms with van der Waals surface area (Å²) in [5.74, 6) is -0.766. The van der Waals surface area contributed by atoms with Crippen LogP contribution >= 0.6 is 0 Å². The predicted molar refractivity (Wildman–Crippen MR) is 77.4 cm³/mol. The summed E-state index contributed by atoms with van der Waals surface area (Å²) < 4.78 is 9.85. The third-order valence-electron chi connectivity index (χ3n) is 2.47. The lowest BCUT2D eigenvalue weighted by Crippen LogP contribution is -2.22. The molecule has 0 aromatic heterocycles. The lowest BCUT2D eigenvalue weighted by atomic mass is 10.0. The zero-order valence-corrected chi connectivity index (χ0v) is 12.5. The van der Waals surface area contributed by atoms with Crippen molar-refractivity contribution in [3.05, 3.63) is 41.0 Å². The van der Waals surface area contributed by atoms with E-state index in [-0.39, 0.29) is 5.97 Å². The number of benzene rings is 1. The topological polar surface area (TPSA) is 52.6 Å². The molecular weight excluding hydrogens is 256 g/mol. The molecule has 0 atom stereocenters. The highest BCUT2D eigenvalue weighted by molar-refractivity contribution is 5.92. The van der Waals surface area contributed by atoms with Crippen LogP contribution < -0.4 is 0 Å². The van der Waals surface area contributed by atoms with E-state index in [4.69, 9.17) is 4.74 Å². The van der Waals surface area contributed by atoms with Gasteiger partial charge in [-0.05, 0) is 51.0 Å². The highest BCUT2D eigenvalue weighted by Gasteiger charge is 2.14. The second kappa shape index (κ2) is 6.37. The molecule has 0 aliphatic heterocycles. The molecule has 0 radical (unpaired) electrons. The number of hydrogen-bond acceptors (Lipinski definition) is 4. The minimum Gasteiger partial charge on any atom is -0.465 e. The third-order valence-corrected chi connectivity index (χ3v) is 2.47. The third kappa shape index (κ3) is 4.88. The average Bonchev–Trinajstić information content (AvgIpc) is 2.33. The number of esters is 2. The fraction of sp³-hybridized carbons (Fsp3) is 0.375. The van der Waals surface area contributed by atoms with Crippen molar-refractivity contribution < 1.29 is 19.1 Å². The van der Waals surface area contributed by atoms with Gasteiger partial charge < -0.3 is 9.47 Å². The van der Waals surface area contributed by atoms with E-state index in [1.54, 1.807) is 18.2 Å². The number of carbonyl (C=O) groups excluding carboxylic acids is 2. The monoisotopic (exact) mass is 276 g/mol. The standard InChI is InChI=1S/C16H20O4/c1-11-10-12(6-8-13(11)15(18)19-5)7-9-14(17)20-16(2,3)4/h6-10H,1-5H3/b9-7+. The fourth-order valence-electron chi connectivity index (χ4n) is 1.63. The summed E-state index contributed by atoms with van der Waals surface area (Å²) in [6, 6.07) is 5.24. The molecule has 1 aromatic rings. The van der Waals surface area contributed by atoms with Crippen LogP contribution in [0, 0.1) is 6.92 Å². The highest BCUT2D eigenvalue weighted by atomic mass is 16.6. The normalized spacial score (nSPS) is 11.4. The molecule has 0 saturated carbocycles. The van der Waals surface area contributed by atoms with E-state index in [0.29, 0.717) is 5.56 Å². The van der Waals surface area contributed by atoms with Crippen molar-refractivity contribution in [3.63, 3.8) is 0 Å². The molecule has 0 spiro atoms. The van der Waals surface area contributed by atoms with E-state index < -0.39 is 11.6 Å². The number of methoxy groups -OCH3 is 1. The molecule has 0 saturated heterocycles. The van der Waals surface area contributed by atoms with Crippen molar-refractivity contribution >= 4 is 18.0 Å². The Kier molecular flexibility index (Phi) is 5.08. The van der Waals surface area contributed by atoms with Crippen LogP contribution in [-0.4, -0.2) is 24.6 Å². The van der Waals surface area contributed by atoms with Gasteiger partial charge in [0.2, 0.25) is 0 Å². The SMILES string of the molecule is COC(=O)c1ccc(/C=C/C(=O)OC(C)(C)C)cc1C. The molecule has 0 fully saturated rings. The molecule has 0 aliphatic rings. The first-order chi connectivity index (χ1) is 9.23. The summed E-state index contributed by atoms with van der Waals surface area (Å²) in [7, 11) is 1.35. The lowest BCUT2D eigenvalue weighted by molar-refractivity contribution is -0.148. The Morgan fingerprint density at radius 2 is 1.85 bits per heavy atom. The first-order valence-electron chi connectivity index (χ1n) is 6.33. The number of carbonyl (C=O) groups is 2. The van der Waals surface area contributed by atoms with Crippen molar-refractivity contribution in [2.24, 2.45) is 0 Å². The average molecular weight is 276 g/mol. The Balaban J connectivity index is 2.82. The first-order valence-corrected chi connectivity index (χ1v) is 6.33. The molecule has 20 heavy (non-hydrogen) atoms. The van der Waals surface area contributed by atoms with Crippen molar-refractivity contribution in [1.82, 2.24) is 0 Å². The molecule has 108 valence electrons. The van der Waals surface area contributed by atoms with Crippen LogP contribution in [0.1, 0.15) is 42.3 Å². The Morgan fingerprint density at radius 3 is 2.35 bits per heavy atom. The summed E-state index contributed by atoms with van der Waals surface area (Å²) in [6.07, 6.45) is 3.03. The fourth-order valence-corrected chi connectivity index (χ4v) is 1.63. The Morgan fingerprint density at radius 1 is 1.20 bits per heavy atom. The van der Waals surface area contributed by atoms with E-state index in [9.17, 15) is 9.59 Å². The summed E-state index contributed by atoms with van der Waals surface area (Å²) in [6.45, 7) is 7.26. The second-order valence-corrected chi connectivity index (χ2v) is 5.43. The molecule has 0 unspecified atom stereocenters. The van der Waals surface area contributed by atoms with E-state index in [2.05, 4.69) is 4.74 Å². The molecule has 0 N–H and O–H groups in total. The number of hydrogen-bond donors (Lipinski definition) is 0. The minimum atomic E-state index is -0.508. The van der Waals surface area contributed by atoms with Gasteiger partial charge in [-0.1, -0.05) is 12.1 Å². The Labute approximate surface area is 119 Å². The van der Waals surface area contributed by atoms with Crippen LogP contribution in [0.3, 0.4) is 0 Å². The van der Waals surface area contributed by atoms with Crippen molar-refractivity contribution in [2.75, 3.05) is 7.11 Å². The molecule has 0 aliphatic carbocycles. The maximum absolute atomic E-state index is 11.6. The minimum absolute atomic E-state index is 0.370. The van der Waals surface area contributed by atoms with Gasteiger partial charge in [0.25, 0.3) is 0 Å². The summed E-state index contributed by atoms with van der Waals surface area (Å²) >= 11 is 0. The van der Waals surface area contributed by atoms with Crippen LogP contribution in [-0.2, 0) is 14.3 Å². The highest BCUT2D eigenvalue weighted by Crippen LogP contribution is 2.14. The summed E-state index contributed by atoms with van der Waals surface area (Å²) in [5, 5.41) is 0. The van der Waals surface area contributed by atoms with E-state index in [1.807, 2.05) is 33.8 Å². The van der Waals surface area contributed by atoms with Gasteiger partial charge in [0.15, 0.2) is 0 Å². The van der Waals surface area contributed by atoms with Gasteiger partial charge in [0, 0.05) is 6.08 Å². The number of ether oxygens (including phenoxy) is 2.